The highest BCUT2D eigenvalue weighted by atomic mass is 16.5. The van der Waals surface area contributed by atoms with Gasteiger partial charge in [-0.25, -0.2) is 0 Å². The molecule has 0 amide bonds. The Hall–Kier alpha value is -1.92. The molecule has 0 radical (unpaired) electrons. The van der Waals surface area contributed by atoms with Crippen LogP contribution in [0.4, 0.5) is 0 Å². The average molecular weight is 303 g/mol. The fraction of sp³-hybridized carbons (Fsp3) is 0.500. The van der Waals surface area contributed by atoms with Gasteiger partial charge >= 0.3 is 0 Å². The van der Waals surface area contributed by atoms with E-state index in [4.69, 9.17) is 9.26 Å². The van der Waals surface area contributed by atoms with Gasteiger partial charge in [-0.15, -0.1) is 0 Å². The molecule has 6 heteroatoms. The van der Waals surface area contributed by atoms with Gasteiger partial charge in [0, 0.05) is 24.6 Å². The summed E-state index contributed by atoms with van der Waals surface area (Å²) in [5.41, 5.74) is 1.07. The maximum absolute atomic E-state index is 9.28. The molecule has 118 valence electrons. The monoisotopic (exact) mass is 303 g/mol. The Morgan fingerprint density at radius 3 is 2.86 bits per heavy atom. The highest BCUT2D eigenvalue weighted by molar-refractivity contribution is 5.33. The maximum Gasteiger partial charge on any atom is 0.240 e. The predicted molar refractivity (Wildman–Crippen MR) is 80.5 cm³/mol. The normalized spacial score (nSPS) is 14.5. The summed E-state index contributed by atoms with van der Waals surface area (Å²) < 4.78 is 10.7. The van der Waals surface area contributed by atoms with Crippen molar-refractivity contribution in [2.45, 2.75) is 31.8 Å². The summed E-state index contributed by atoms with van der Waals surface area (Å²) in [5, 5.41) is 13.3. The predicted octanol–water partition coefficient (Wildman–Crippen LogP) is 1.95. The van der Waals surface area contributed by atoms with Crippen LogP contribution in [0.2, 0.25) is 0 Å². The van der Waals surface area contributed by atoms with Crippen molar-refractivity contribution in [3.05, 3.63) is 41.5 Å². The van der Waals surface area contributed by atoms with E-state index in [1.165, 1.54) is 0 Å². The van der Waals surface area contributed by atoms with Crippen LogP contribution in [0.25, 0.3) is 0 Å². The quantitative estimate of drug-likeness (QED) is 0.803. The summed E-state index contributed by atoms with van der Waals surface area (Å²) in [7, 11) is 1.66. The molecular weight excluding hydrogens is 282 g/mol. The third-order valence-corrected chi connectivity index (χ3v) is 3.79. The smallest absolute Gasteiger partial charge is 0.240 e. The fourth-order valence-corrected chi connectivity index (χ4v) is 2.46. The van der Waals surface area contributed by atoms with Gasteiger partial charge in [-0.3, -0.25) is 4.90 Å². The van der Waals surface area contributed by atoms with E-state index in [-0.39, 0.29) is 6.61 Å². The van der Waals surface area contributed by atoms with Crippen LogP contribution < -0.4 is 4.74 Å². The molecular formula is C16H21N3O3. The summed E-state index contributed by atoms with van der Waals surface area (Å²) in [6.45, 7) is 1.81. The van der Waals surface area contributed by atoms with Crippen LogP contribution >= 0.6 is 0 Å². The second-order valence-electron chi connectivity index (χ2n) is 5.57. The average Bonchev–Trinajstić information content (AvgIpc) is 3.28. The number of hydrogen-bond acceptors (Lipinski definition) is 6. The molecule has 1 aliphatic rings. The van der Waals surface area contributed by atoms with Gasteiger partial charge < -0.3 is 14.4 Å². The summed E-state index contributed by atoms with van der Waals surface area (Å²) in [6.07, 6.45) is 2.31. The molecule has 1 saturated carbocycles. The van der Waals surface area contributed by atoms with Crippen molar-refractivity contribution in [3.8, 4) is 5.75 Å². The van der Waals surface area contributed by atoms with Crippen LogP contribution in [-0.4, -0.2) is 40.4 Å². The zero-order valence-corrected chi connectivity index (χ0v) is 12.7. The molecule has 1 N–H and O–H groups in total. The Balaban J connectivity index is 1.68. The Labute approximate surface area is 129 Å². The molecule has 1 aromatic carbocycles. The third kappa shape index (κ3) is 3.64. The fourth-order valence-electron chi connectivity index (χ4n) is 2.46. The number of nitrogens with zero attached hydrogens (tertiary/aromatic N) is 3. The molecule has 1 heterocycles. The van der Waals surface area contributed by atoms with Gasteiger partial charge in [0.05, 0.1) is 20.3 Å². The zero-order valence-electron chi connectivity index (χ0n) is 12.7. The Kier molecular flexibility index (Phi) is 4.70. The van der Waals surface area contributed by atoms with E-state index in [1.807, 2.05) is 24.3 Å². The summed E-state index contributed by atoms with van der Waals surface area (Å²) in [4.78, 5) is 6.52. The van der Waals surface area contributed by atoms with E-state index >= 15 is 0 Å². The number of aromatic nitrogens is 2. The molecule has 0 bridgehead atoms. The number of methoxy groups -OCH3 is 1. The second-order valence-corrected chi connectivity index (χ2v) is 5.57. The van der Waals surface area contributed by atoms with E-state index in [0.717, 1.165) is 30.0 Å². The summed E-state index contributed by atoms with van der Waals surface area (Å²) in [5.74, 6) is 2.74. The molecule has 1 aromatic heterocycles. The van der Waals surface area contributed by atoms with E-state index in [9.17, 15) is 5.11 Å². The van der Waals surface area contributed by atoms with Crippen molar-refractivity contribution in [2.75, 3.05) is 20.3 Å². The van der Waals surface area contributed by atoms with Gasteiger partial charge in [0.25, 0.3) is 0 Å². The number of ether oxygens (including phenoxy) is 1. The zero-order chi connectivity index (χ0) is 15.4. The van der Waals surface area contributed by atoms with Crippen LogP contribution in [0.5, 0.6) is 5.75 Å². The standard InChI is InChI=1S/C16H21N3O3/c1-21-14-5-3-2-4-13(14)10-19(8-9-20)11-15-17-16(18-22-15)12-6-7-12/h2-5,12,20H,6-11H2,1H3. The van der Waals surface area contributed by atoms with Gasteiger partial charge in [-0.1, -0.05) is 23.4 Å². The maximum atomic E-state index is 9.28. The molecule has 2 aromatic rings. The van der Waals surface area contributed by atoms with E-state index in [1.54, 1.807) is 7.11 Å². The Morgan fingerprint density at radius 2 is 2.14 bits per heavy atom. The topological polar surface area (TPSA) is 71.6 Å². The van der Waals surface area contributed by atoms with E-state index in [2.05, 4.69) is 15.0 Å². The minimum Gasteiger partial charge on any atom is -0.496 e. The van der Waals surface area contributed by atoms with E-state index < -0.39 is 0 Å². The summed E-state index contributed by atoms with van der Waals surface area (Å²) in [6, 6.07) is 7.88. The number of para-hydroxylation sites is 1. The third-order valence-electron chi connectivity index (χ3n) is 3.79. The van der Waals surface area contributed by atoms with Crippen LogP contribution in [0.1, 0.15) is 36.0 Å². The molecule has 1 fully saturated rings. The molecule has 1 aliphatic carbocycles. The SMILES string of the molecule is COc1ccccc1CN(CCO)Cc1nc(C2CC2)no1. The van der Waals surface area contributed by atoms with Crippen molar-refractivity contribution in [1.29, 1.82) is 0 Å². The second kappa shape index (κ2) is 6.89. The van der Waals surface area contributed by atoms with Gasteiger partial charge in [-0.2, -0.15) is 4.98 Å². The highest BCUT2D eigenvalue weighted by Crippen LogP contribution is 2.38. The van der Waals surface area contributed by atoms with Crippen LogP contribution in [0.3, 0.4) is 0 Å². The first-order valence-electron chi connectivity index (χ1n) is 7.57. The molecule has 0 saturated heterocycles. The molecule has 22 heavy (non-hydrogen) atoms. The number of rotatable bonds is 8. The largest absolute Gasteiger partial charge is 0.496 e. The highest BCUT2D eigenvalue weighted by Gasteiger charge is 2.29. The van der Waals surface area contributed by atoms with Gasteiger partial charge in [0.1, 0.15) is 5.75 Å². The molecule has 0 unspecified atom stereocenters. The van der Waals surface area contributed by atoms with E-state index in [0.29, 0.717) is 31.4 Å². The van der Waals surface area contributed by atoms with Crippen molar-refractivity contribution in [2.24, 2.45) is 0 Å². The van der Waals surface area contributed by atoms with Crippen molar-refractivity contribution in [1.82, 2.24) is 15.0 Å². The number of benzene rings is 1. The van der Waals surface area contributed by atoms with Crippen molar-refractivity contribution in [3.63, 3.8) is 0 Å². The van der Waals surface area contributed by atoms with Crippen molar-refractivity contribution >= 4 is 0 Å². The van der Waals surface area contributed by atoms with Gasteiger partial charge in [0.2, 0.25) is 5.89 Å². The first-order valence-corrected chi connectivity index (χ1v) is 7.57. The van der Waals surface area contributed by atoms with Crippen LogP contribution in [0.15, 0.2) is 28.8 Å². The lowest BCUT2D eigenvalue weighted by molar-refractivity contribution is 0.166. The lowest BCUT2D eigenvalue weighted by Crippen LogP contribution is -2.26. The molecule has 6 nitrogen and oxygen atoms in total. The van der Waals surface area contributed by atoms with Gasteiger partial charge in [0.15, 0.2) is 5.82 Å². The van der Waals surface area contributed by atoms with Gasteiger partial charge in [-0.05, 0) is 18.9 Å². The lowest BCUT2D eigenvalue weighted by atomic mass is 10.2. The number of aliphatic hydroxyl groups excluding tert-OH is 1. The minimum absolute atomic E-state index is 0.0821. The summed E-state index contributed by atoms with van der Waals surface area (Å²) >= 11 is 0. The molecule has 0 atom stereocenters. The number of aliphatic hydroxyl groups is 1. The Bertz CT molecular complexity index is 610. The first-order chi connectivity index (χ1) is 10.8. The first kappa shape index (κ1) is 15.0. The number of hydrogen-bond donors (Lipinski definition) is 1. The minimum atomic E-state index is 0.0821. The van der Waals surface area contributed by atoms with Crippen LogP contribution in [0, 0.1) is 0 Å². The Morgan fingerprint density at radius 1 is 1.32 bits per heavy atom. The van der Waals surface area contributed by atoms with Crippen LogP contribution in [-0.2, 0) is 13.1 Å². The van der Waals surface area contributed by atoms with Crippen molar-refractivity contribution < 1.29 is 14.4 Å². The molecule has 0 aliphatic heterocycles. The molecule has 0 spiro atoms. The molecule has 3 rings (SSSR count). The lowest BCUT2D eigenvalue weighted by Gasteiger charge is -2.20.